The maximum atomic E-state index is 14.3. The van der Waals surface area contributed by atoms with Crippen LogP contribution < -0.4 is 10.6 Å². The van der Waals surface area contributed by atoms with Crippen molar-refractivity contribution in [3.05, 3.63) is 59.2 Å². The summed E-state index contributed by atoms with van der Waals surface area (Å²) < 4.78 is 72.4. The third kappa shape index (κ3) is 4.59. The van der Waals surface area contributed by atoms with E-state index in [1.165, 1.54) is 12.1 Å². The number of benzene rings is 2. The zero-order chi connectivity index (χ0) is 20.3. The molecule has 0 aromatic heterocycles. The fraction of sp³-hybridized carbons (Fsp3) is 0.316. The topological polar surface area (TPSA) is 50.4 Å². The molecule has 28 heavy (non-hydrogen) atoms. The summed E-state index contributed by atoms with van der Waals surface area (Å²) in [6.07, 6.45) is -4.17. The van der Waals surface area contributed by atoms with Gasteiger partial charge in [0.25, 0.3) is 0 Å². The Balaban J connectivity index is 1.72. The van der Waals surface area contributed by atoms with Crippen molar-refractivity contribution in [3.63, 3.8) is 0 Å². The highest BCUT2D eigenvalue weighted by Gasteiger charge is 2.34. The number of carbonyl (C=O) groups excluding carboxylic acids is 1. The molecule has 4 nitrogen and oxygen atoms in total. The SMILES string of the molecule is O=C(NCc1ccc(Nc2c(F)cccc2C(F)(F)F)cc1F)C1CCOC1. The summed E-state index contributed by atoms with van der Waals surface area (Å²) in [6.45, 7) is 0.749. The average Bonchev–Trinajstić information content (AvgIpc) is 3.16. The van der Waals surface area contributed by atoms with Crippen molar-refractivity contribution in [2.45, 2.75) is 19.1 Å². The normalized spacial score (nSPS) is 16.8. The molecule has 1 saturated heterocycles. The van der Waals surface area contributed by atoms with Gasteiger partial charge in [0.15, 0.2) is 0 Å². The van der Waals surface area contributed by atoms with Crippen LogP contribution in [0.15, 0.2) is 36.4 Å². The number of alkyl halides is 3. The Kier molecular flexibility index (Phi) is 5.83. The van der Waals surface area contributed by atoms with Gasteiger partial charge >= 0.3 is 6.18 Å². The monoisotopic (exact) mass is 400 g/mol. The van der Waals surface area contributed by atoms with Crippen LogP contribution in [0.2, 0.25) is 0 Å². The summed E-state index contributed by atoms with van der Waals surface area (Å²) in [6, 6.07) is 6.15. The number of anilines is 2. The Bertz CT molecular complexity index is 864. The molecule has 9 heteroatoms. The van der Waals surface area contributed by atoms with E-state index in [0.717, 1.165) is 24.3 Å². The minimum atomic E-state index is -4.77. The van der Waals surface area contributed by atoms with Gasteiger partial charge in [0.2, 0.25) is 5.91 Å². The minimum absolute atomic E-state index is 0.0487. The Morgan fingerprint density at radius 1 is 1.14 bits per heavy atom. The van der Waals surface area contributed by atoms with Gasteiger partial charge in [-0.15, -0.1) is 0 Å². The zero-order valence-corrected chi connectivity index (χ0v) is 14.6. The second-order valence-corrected chi connectivity index (χ2v) is 6.37. The molecule has 1 aliphatic heterocycles. The van der Waals surface area contributed by atoms with Gasteiger partial charge in [0.05, 0.1) is 23.8 Å². The molecule has 0 radical (unpaired) electrons. The number of nitrogens with one attached hydrogen (secondary N) is 2. The summed E-state index contributed by atoms with van der Waals surface area (Å²) in [4.78, 5) is 11.9. The zero-order valence-electron chi connectivity index (χ0n) is 14.6. The molecule has 1 unspecified atom stereocenters. The lowest BCUT2D eigenvalue weighted by Gasteiger charge is -2.16. The largest absolute Gasteiger partial charge is 0.418 e. The molecule has 2 aromatic carbocycles. The first-order valence-electron chi connectivity index (χ1n) is 8.52. The second-order valence-electron chi connectivity index (χ2n) is 6.37. The number of hydrogen-bond donors (Lipinski definition) is 2. The highest BCUT2D eigenvalue weighted by atomic mass is 19.4. The van der Waals surface area contributed by atoms with Crippen LogP contribution in [0.3, 0.4) is 0 Å². The van der Waals surface area contributed by atoms with Crippen molar-refractivity contribution in [2.24, 2.45) is 5.92 Å². The molecule has 2 N–H and O–H groups in total. The van der Waals surface area contributed by atoms with Crippen LogP contribution in [0.25, 0.3) is 0 Å². The van der Waals surface area contributed by atoms with Crippen molar-refractivity contribution >= 4 is 17.3 Å². The second kappa shape index (κ2) is 8.14. The fourth-order valence-electron chi connectivity index (χ4n) is 2.87. The average molecular weight is 400 g/mol. The van der Waals surface area contributed by atoms with Crippen LogP contribution in [0, 0.1) is 17.6 Å². The molecule has 0 spiro atoms. The van der Waals surface area contributed by atoms with Crippen LogP contribution in [0.4, 0.5) is 33.3 Å². The van der Waals surface area contributed by atoms with Crippen LogP contribution in [0.5, 0.6) is 0 Å². The third-order valence-electron chi connectivity index (χ3n) is 4.39. The Labute approximate surface area is 157 Å². The van der Waals surface area contributed by atoms with Gasteiger partial charge in [-0.05, 0) is 30.7 Å². The lowest BCUT2D eigenvalue weighted by Crippen LogP contribution is -2.30. The smallest absolute Gasteiger partial charge is 0.381 e. The van der Waals surface area contributed by atoms with E-state index in [1.807, 2.05) is 0 Å². The lowest BCUT2D eigenvalue weighted by atomic mass is 10.1. The molecule has 3 rings (SSSR count). The maximum Gasteiger partial charge on any atom is 0.418 e. The fourth-order valence-corrected chi connectivity index (χ4v) is 2.87. The van der Waals surface area contributed by atoms with Crippen molar-refractivity contribution in [3.8, 4) is 0 Å². The van der Waals surface area contributed by atoms with Gasteiger partial charge in [-0.3, -0.25) is 4.79 Å². The van der Waals surface area contributed by atoms with Crippen LogP contribution in [-0.2, 0) is 22.3 Å². The van der Waals surface area contributed by atoms with Gasteiger partial charge in [-0.25, -0.2) is 8.78 Å². The molecule has 1 heterocycles. The number of hydrogen-bond acceptors (Lipinski definition) is 3. The number of para-hydroxylation sites is 1. The molecule has 0 saturated carbocycles. The van der Waals surface area contributed by atoms with E-state index in [2.05, 4.69) is 10.6 Å². The molecule has 1 fully saturated rings. The van der Waals surface area contributed by atoms with Crippen LogP contribution in [0.1, 0.15) is 17.5 Å². The van der Waals surface area contributed by atoms with E-state index in [-0.39, 0.29) is 29.6 Å². The molecular formula is C19H17F5N2O2. The molecule has 0 bridgehead atoms. The Morgan fingerprint density at radius 2 is 1.93 bits per heavy atom. The first-order chi connectivity index (χ1) is 13.3. The summed E-state index contributed by atoms with van der Waals surface area (Å²) in [5.41, 5.74) is -1.87. The highest BCUT2D eigenvalue weighted by Crippen LogP contribution is 2.37. The van der Waals surface area contributed by atoms with Gasteiger partial charge < -0.3 is 15.4 Å². The first-order valence-corrected chi connectivity index (χ1v) is 8.52. The van der Waals surface area contributed by atoms with Crippen molar-refractivity contribution in [1.29, 1.82) is 0 Å². The summed E-state index contributed by atoms with van der Waals surface area (Å²) >= 11 is 0. The van der Waals surface area contributed by atoms with Crippen LogP contribution in [-0.4, -0.2) is 19.1 Å². The predicted octanol–water partition coefficient (Wildman–Crippen LogP) is 4.38. The molecule has 1 amide bonds. The number of rotatable bonds is 5. The molecule has 150 valence electrons. The lowest BCUT2D eigenvalue weighted by molar-refractivity contribution is -0.137. The third-order valence-corrected chi connectivity index (χ3v) is 4.39. The Hall–Kier alpha value is -2.68. The molecular weight excluding hydrogens is 383 g/mol. The van der Waals surface area contributed by atoms with Gasteiger partial charge in [0, 0.05) is 24.4 Å². The van der Waals surface area contributed by atoms with E-state index in [0.29, 0.717) is 19.6 Å². The number of ether oxygens (including phenoxy) is 1. The van der Waals surface area contributed by atoms with Crippen LogP contribution >= 0.6 is 0 Å². The van der Waals surface area contributed by atoms with Gasteiger partial charge in [0.1, 0.15) is 11.6 Å². The van der Waals surface area contributed by atoms with Crippen molar-refractivity contribution in [1.82, 2.24) is 5.32 Å². The number of carbonyl (C=O) groups is 1. The van der Waals surface area contributed by atoms with Gasteiger partial charge in [-0.2, -0.15) is 13.2 Å². The summed E-state index contributed by atoms with van der Waals surface area (Å²) in [5, 5.41) is 4.89. The first kappa shape index (κ1) is 20.1. The maximum absolute atomic E-state index is 14.3. The standard InChI is InChI=1S/C19H17F5N2O2/c20-15-3-1-2-14(19(22,23)24)17(15)26-13-5-4-11(16(21)8-13)9-25-18(27)12-6-7-28-10-12/h1-5,8,12,26H,6-7,9-10H2,(H,25,27). The summed E-state index contributed by atoms with van der Waals surface area (Å²) in [5.74, 6) is -2.37. The molecule has 0 aliphatic carbocycles. The molecule has 1 aliphatic rings. The molecule has 1 atom stereocenters. The highest BCUT2D eigenvalue weighted by molar-refractivity contribution is 5.79. The number of amides is 1. The van der Waals surface area contributed by atoms with E-state index >= 15 is 0 Å². The summed E-state index contributed by atoms with van der Waals surface area (Å²) in [7, 11) is 0. The van der Waals surface area contributed by atoms with Crippen molar-refractivity contribution < 1.29 is 31.5 Å². The van der Waals surface area contributed by atoms with E-state index in [9.17, 15) is 26.7 Å². The quantitative estimate of drug-likeness (QED) is 0.733. The van der Waals surface area contributed by atoms with Crippen molar-refractivity contribution in [2.75, 3.05) is 18.5 Å². The number of halogens is 5. The molecule has 2 aromatic rings. The van der Waals surface area contributed by atoms with Gasteiger partial charge in [-0.1, -0.05) is 12.1 Å². The minimum Gasteiger partial charge on any atom is -0.381 e. The predicted molar refractivity (Wildman–Crippen MR) is 91.9 cm³/mol. The van der Waals surface area contributed by atoms with E-state index in [4.69, 9.17) is 4.74 Å². The van der Waals surface area contributed by atoms with E-state index in [1.54, 1.807) is 0 Å². The Morgan fingerprint density at radius 3 is 2.57 bits per heavy atom. The van der Waals surface area contributed by atoms with E-state index < -0.39 is 29.1 Å².